The van der Waals surface area contributed by atoms with Crippen molar-refractivity contribution in [1.82, 2.24) is 0 Å². The lowest BCUT2D eigenvalue weighted by molar-refractivity contribution is 0.476. The minimum atomic E-state index is 0.0688. The van der Waals surface area contributed by atoms with Crippen LogP contribution < -0.4 is 10.5 Å². The Morgan fingerprint density at radius 1 is 0.947 bits per heavy atom. The van der Waals surface area contributed by atoms with E-state index in [0.29, 0.717) is 5.92 Å². The number of nitrogens with two attached hydrogens (primary N) is 1. The largest absolute Gasteiger partial charge is 0.457 e. The Bertz CT molecular complexity index is 508. The van der Waals surface area contributed by atoms with Crippen LogP contribution in [-0.4, -0.2) is 0 Å². The molecule has 0 bridgehead atoms. The Hall–Kier alpha value is -1.80. The maximum Gasteiger partial charge on any atom is 0.127 e. The summed E-state index contributed by atoms with van der Waals surface area (Å²) in [5, 5.41) is 0. The summed E-state index contributed by atoms with van der Waals surface area (Å²) in [6.07, 6.45) is 0.981. The van der Waals surface area contributed by atoms with Crippen molar-refractivity contribution in [3.05, 3.63) is 60.2 Å². The van der Waals surface area contributed by atoms with Crippen LogP contribution in [0.15, 0.2) is 54.6 Å². The molecular weight excluding hydrogens is 234 g/mol. The molecule has 0 aliphatic heterocycles. The van der Waals surface area contributed by atoms with Gasteiger partial charge in [-0.3, -0.25) is 0 Å². The smallest absolute Gasteiger partial charge is 0.127 e. The molecule has 0 saturated carbocycles. The molecule has 0 saturated heterocycles. The Kier molecular flexibility index (Phi) is 4.58. The molecule has 1 atom stereocenters. The molecule has 2 N–H and O–H groups in total. The normalized spacial score (nSPS) is 12.4. The molecule has 100 valence electrons. The third kappa shape index (κ3) is 4.11. The zero-order valence-electron chi connectivity index (χ0n) is 11.5. The third-order valence-corrected chi connectivity index (χ3v) is 2.99. The average molecular weight is 255 g/mol. The summed E-state index contributed by atoms with van der Waals surface area (Å²) in [7, 11) is 0. The van der Waals surface area contributed by atoms with E-state index in [4.69, 9.17) is 10.5 Å². The zero-order chi connectivity index (χ0) is 13.7. The molecule has 0 heterocycles. The number of para-hydroxylation sites is 1. The van der Waals surface area contributed by atoms with E-state index in [1.165, 1.54) is 0 Å². The van der Waals surface area contributed by atoms with Gasteiger partial charge < -0.3 is 10.5 Å². The van der Waals surface area contributed by atoms with E-state index >= 15 is 0 Å². The van der Waals surface area contributed by atoms with Crippen LogP contribution in [0.2, 0.25) is 0 Å². The van der Waals surface area contributed by atoms with E-state index in [2.05, 4.69) is 19.9 Å². The second-order valence-corrected chi connectivity index (χ2v) is 5.22. The van der Waals surface area contributed by atoms with E-state index in [1.807, 2.05) is 48.5 Å². The highest BCUT2D eigenvalue weighted by molar-refractivity contribution is 5.34. The van der Waals surface area contributed by atoms with Crippen LogP contribution in [0.3, 0.4) is 0 Å². The van der Waals surface area contributed by atoms with Gasteiger partial charge in [0.05, 0.1) is 0 Å². The van der Waals surface area contributed by atoms with Gasteiger partial charge >= 0.3 is 0 Å². The van der Waals surface area contributed by atoms with Crippen LogP contribution in [0.4, 0.5) is 0 Å². The van der Waals surface area contributed by atoms with Crippen molar-refractivity contribution in [3.8, 4) is 11.5 Å². The van der Waals surface area contributed by atoms with Crippen molar-refractivity contribution in [3.63, 3.8) is 0 Å². The Morgan fingerprint density at radius 2 is 1.63 bits per heavy atom. The van der Waals surface area contributed by atoms with Gasteiger partial charge in [-0.25, -0.2) is 0 Å². The van der Waals surface area contributed by atoms with E-state index in [-0.39, 0.29) is 6.04 Å². The highest BCUT2D eigenvalue weighted by Crippen LogP contribution is 2.26. The molecule has 0 aliphatic rings. The van der Waals surface area contributed by atoms with Gasteiger partial charge in [-0.05, 0) is 42.2 Å². The van der Waals surface area contributed by atoms with Crippen molar-refractivity contribution < 1.29 is 4.74 Å². The quantitative estimate of drug-likeness (QED) is 0.852. The molecule has 2 aromatic carbocycles. The molecule has 0 radical (unpaired) electrons. The van der Waals surface area contributed by atoms with E-state index in [0.717, 1.165) is 23.5 Å². The second-order valence-electron chi connectivity index (χ2n) is 5.22. The van der Waals surface area contributed by atoms with E-state index < -0.39 is 0 Å². The first-order valence-corrected chi connectivity index (χ1v) is 6.73. The summed E-state index contributed by atoms with van der Waals surface area (Å²) in [4.78, 5) is 0. The molecule has 0 amide bonds. The van der Waals surface area contributed by atoms with E-state index in [9.17, 15) is 0 Å². The van der Waals surface area contributed by atoms with Crippen LogP contribution in [0.1, 0.15) is 31.9 Å². The van der Waals surface area contributed by atoms with Crippen molar-refractivity contribution in [1.29, 1.82) is 0 Å². The van der Waals surface area contributed by atoms with Gasteiger partial charge in [-0.15, -0.1) is 0 Å². The van der Waals surface area contributed by atoms with Gasteiger partial charge in [-0.2, -0.15) is 0 Å². The van der Waals surface area contributed by atoms with Gasteiger partial charge in [0.25, 0.3) is 0 Å². The van der Waals surface area contributed by atoms with Crippen LogP contribution in [0.25, 0.3) is 0 Å². The molecule has 2 heteroatoms. The molecule has 0 fully saturated rings. The van der Waals surface area contributed by atoms with Crippen molar-refractivity contribution in [2.75, 3.05) is 0 Å². The van der Waals surface area contributed by atoms with Gasteiger partial charge in [0.1, 0.15) is 11.5 Å². The fraction of sp³-hybridized carbons (Fsp3) is 0.294. The zero-order valence-corrected chi connectivity index (χ0v) is 11.5. The van der Waals surface area contributed by atoms with Gasteiger partial charge in [0.15, 0.2) is 0 Å². The summed E-state index contributed by atoms with van der Waals surface area (Å²) in [6, 6.07) is 17.9. The standard InChI is InChI=1S/C17H21NO/c1-13(2)11-17(18)14-7-6-10-16(12-14)19-15-8-4-3-5-9-15/h3-10,12-13,17H,11,18H2,1-2H3/t17-/m0/s1. The predicted molar refractivity (Wildman–Crippen MR) is 79.3 cm³/mol. The lowest BCUT2D eigenvalue weighted by Gasteiger charge is -2.15. The Balaban J connectivity index is 2.11. The predicted octanol–water partition coefficient (Wildman–Crippen LogP) is 4.52. The third-order valence-electron chi connectivity index (χ3n) is 2.99. The number of rotatable bonds is 5. The van der Waals surface area contributed by atoms with Crippen molar-refractivity contribution in [2.24, 2.45) is 11.7 Å². The van der Waals surface area contributed by atoms with Crippen molar-refractivity contribution >= 4 is 0 Å². The topological polar surface area (TPSA) is 35.2 Å². The van der Waals surface area contributed by atoms with Crippen LogP contribution in [0, 0.1) is 5.92 Å². The highest BCUT2D eigenvalue weighted by atomic mass is 16.5. The highest BCUT2D eigenvalue weighted by Gasteiger charge is 2.09. The summed E-state index contributed by atoms with van der Waals surface area (Å²) in [5.74, 6) is 2.27. The van der Waals surface area contributed by atoms with Crippen LogP contribution in [-0.2, 0) is 0 Å². The molecular formula is C17H21NO. The fourth-order valence-electron chi connectivity index (χ4n) is 2.08. The summed E-state index contributed by atoms with van der Waals surface area (Å²) >= 11 is 0. The molecule has 0 aliphatic carbocycles. The first kappa shape index (κ1) is 13.6. The summed E-state index contributed by atoms with van der Waals surface area (Å²) in [5.41, 5.74) is 7.33. The first-order valence-electron chi connectivity index (χ1n) is 6.73. The number of benzene rings is 2. The lowest BCUT2D eigenvalue weighted by atomic mass is 9.98. The minimum Gasteiger partial charge on any atom is -0.457 e. The van der Waals surface area contributed by atoms with Crippen LogP contribution >= 0.6 is 0 Å². The number of hydrogen-bond donors (Lipinski definition) is 1. The summed E-state index contributed by atoms with van der Waals surface area (Å²) in [6.45, 7) is 4.37. The molecule has 0 aromatic heterocycles. The SMILES string of the molecule is CC(C)C[C@H](N)c1cccc(Oc2ccccc2)c1. The van der Waals surface area contributed by atoms with Gasteiger partial charge in [0, 0.05) is 6.04 Å². The molecule has 19 heavy (non-hydrogen) atoms. The Morgan fingerprint density at radius 3 is 2.32 bits per heavy atom. The maximum absolute atomic E-state index is 6.20. The first-order chi connectivity index (χ1) is 9.15. The average Bonchev–Trinajstić information content (AvgIpc) is 2.39. The minimum absolute atomic E-state index is 0.0688. The van der Waals surface area contributed by atoms with E-state index in [1.54, 1.807) is 0 Å². The molecule has 2 aromatic rings. The maximum atomic E-state index is 6.20. The molecule has 2 rings (SSSR count). The fourth-order valence-corrected chi connectivity index (χ4v) is 2.08. The van der Waals surface area contributed by atoms with Crippen LogP contribution in [0.5, 0.6) is 11.5 Å². The van der Waals surface area contributed by atoms with Gasteiger partial charge in [-0.1, -0.05) is 44.2 Å². The number of ether oxygens (including phenoxy) is 1. The monoisotopic (exact) mass is 255 g/mol. The second kappa shape index (κ2) is 6.39. The van der Waals surface area contributed by atoms with Crippen molar-refractivity contribution in [2.45, 2.75) is 26.3 Å². The molecule has 0 spiro atoms. The Labute approximate surface area is 115 Å². The lowest BCUT2D eigenvalue weighted by Crippen LogP contribution is -2.12. The molecule has 0 unspecified atom stereocenters. The number of hydrogen-bond acceptors (Lipinski definition) is 2. The molecule has 2 nitrogen and oxygen atoms in total. The van der Waals surface area contributed by atoms with Gasteiger partial charge in [0.2, 0.25) is 0 Å². The summed E-state index contributed by atoms with van der Waals surface area (Å²) < 4.78 is 5.82.